The summed E-state index contributed by atoms with van der Waals surface area (Å²) in [4.78, 5) is 6.84. The van der Waals surface area contributed by atoms with Crippen LogP contribution in [-0.4, -0.2) is 51.1 Å². The van der Waals surface area contributed by atoms with Gasteiger partial charge in [0.25, 0.3) is 0 Å². The number of likely N-dealkylation sites (tertiary alicyclic amines) is 1. The Morgan fingerprint density at radius 2 is 1.87 bits per heavy atom. The van der Waals surface area contributed by atoms with Gasteiger partial charge in [-0.05, 0) is 69.5 Å². The molecule has 23 heavy (non-hydrogen) atoms. The molecule has 0 radical (unpaired) electrons. The first-order chi connectivity index (χ1) is 10.5. The van der Waals surface area contributed by atoms with Crippen molar-refractivity contribution in [2.45, 2.75) is 52.4 Å². The second kappa shape index (κ2) is 10.1. The van der Waals surface area contributed by atoms with Crippen LogP contribution in [0.15, 0.2) is 4.99 Å². The van der Waals surface area contributed by atoms with E-state index in [4.69, 9.17) is 0 Å². The molecule has 1 saturated heterocycles. The van der Waals surface area contributed by atoms with E-state index in [1.54, 1.807) is 0 Å². The summed E-state index contributed by atoms with van der Waals surface area (Å²) in [5.41, 5.74) is 0.527. The molecule has 1 heterocycles. The monoisotopic (exact) mass is 436 g/mol. The Labute approximate surface area is 160 Å². The number of hydrogen-bond acceptors (Lipinski definition) is 2. The van der Waals surface area contributed by atoms with Crippen LogP contribution in [0.5, 0.6) is 0 Å². The van der Waals surface area contributed by atoms with Crippen LogP contribution in [0.1, 0.15) is 52.4 Å². The summed E-state index contributed by atoms with van der Waals surface area (Å²) in [6, 6.07) is 0. The van der Waals surface area contributed by atoms with E-state index in [1.807, 2.05) is 7.05 Å². The van der Waals surface area contributed by atoms with Crippen LogP contribution in [0.25, 0.3) is 0 Å². The smallest absolute Gasteiger partial charge is 0.191 e. The van der Waals surface area contributed by atoms with E-state index in [2.05, 4.69) is 41.4 Å². The topological polar surface area (TPSA) is 39.7 Å². The normalized spacial score (nSPS) is 22.4. The van der Waals surface area contributed by atoms with Crippen LogP contribution in [0.2, 0.25) is 0 Å². The molecule has 4 nitrogen and oxygen atoms in total. The minimum absolute atomic E-state index is 0. The Morgan fingerprint density at radius 3 is 2.35 bits per heavy atom. The molecule has 0 amide bonds. The summed E-state index contributed by atoms with van der Waals surface area (Å²) in [5, 5.41) is 7.14. The third kappa shape index (κ3) is 6.77. The molecule has 0 aromatic rings. The highest BCUT2D eigenvalue weighted by Gasteiger charge is 2.37. The summed E-state index contributed by atoms with van der Waals surface area (Å²) in [6.45, 7) is 9.29. The predicted molar refractivity (Wildman–Crippen MR) is 111 cm³/mol. The van der Waals surface area contributed by atoms with E-state index >= 15 is 0 Å². The van der Waals surface area contributed by atoms with Crippen LogP contribution in [0.3, 0.4) is 0 Å². The summed E-state index contributed by atoms with van der Waals surface area (Å²) in [6.07, 6.45) is 8.10. The number of nitrogens with zero attached hydrogens (tertiary/aromatic N) is 2. The Balaban J connectivity index is 0.00000264. The van der Waals surface area contributed by atoms with Crippen molar-refractivity contribution in [3.8, 4) is 0 Å². The highest BCUT2D eigenvalue weighted by atomic mass is 127. The van der Waals surface area contributed by atoms with E-state index < -0.39 is 0 Å². The first kappa shape index (κ1) is 21.0. The summed E-state index contributed by atoms with van der Waals surface area (Å²) < 4.78 is 0. The maximum absolute atomic E-state index is 4.41. The molecule has 2 fully saturated rings. The van der Waals surface area contributed by atoms with Crippen molar-refractivity contribution in [3.05, 3.63) is 0 Å². The maximum Gasteiger partial charge on any atom is 0.191 e. The standard InChI is InChI=1S/C18H36N4.HI/c1-15(2)12-18(8-5-9-18)14-21-17(19-3)20-13-16-6-10-22(4)11-7-16;/h15-16H,5-14H2,1-4H3,(H2,19,20,21);1H. The molecule has 0 unspecified atom stereocenters. The summed E-state index contributed by atoms with van der Waals surface area (Å²) in [5.74, 6) is 2.58. The van der Waals surface area contributed by atoms with E-state index in [0.29, 0.717) is 5.41 Å². The quantitative estimate of drug-likeness (QED) is 0.381. The van der Waals surface area contributed by atoms with Crippen LogP contribution in [0.4, 0.5) is 0 Å². The molecule has 0 bridgehead atoms. The number of halogens is 1. The van der Waals surface area contributed by atoms with Gasteiger partial charge in [-0.1, -0.05) is 20.3 Å². The molecule has 1 saturated carbocycles. The van der Waals surface area contributed by atoms with Gasteiger partial charge >= 0.3 is 0 Å². The lowest BCUT2D eigenvalue weighted by Gasteiger charge is -2.43. The lowest BCUT2D eigenvalue weighted by atomic mass is 9.64. The first-order valence-corrected chi connectivity index (χ1v) is 9.16. The van der Waals surface area contributed by atoms with Crippen molar-refractivity contribution in [1.29, 1.82) is 0 Å². The zero-order chi connectivity index (χ0) is 16.0. The molecule has 5 heteroatoms. The lowest BCUT2D eigenvalue weighted by molar-refractivity contribution is 0.104. The molecule has 0 aromatic carbocycles. The minimum atomic E-state index is 0. The first-order valence-electron chi connectivity index (χ1n) is 9.16. The Kier molecular flexibility index (Phi) is 9.19. The number of hydrogen-bond donors (Lipinski definition) is 2. The second-order valence-corrected chi connectivity index (χ2v) is 8.00. The van der Waals surface area contributed by atoms with E-state index in [1.165, 1.54) is 51.6 Å². The zero-order valence-corrected chi connectivity index (χ0v) is 17.9. The van der Waals surface area contributed by atoms with Gasteiger partial charge in [0.1, 0.15) is 0 Å². The van der Waals surface area contributed by atoms with Crippen molar-refractivity contribution in [1.82, 2.24) is 15.5 Å². The minimum Gasteiger partial charge on any atom is -0.356 e. The van der Waals surface area contributed by atoms with Crippen LogP contribution in [-0.2, 0) is 0 Å². The third-order valence-corrected chi connectivity index (χ3v) is 5.51. The van der Waals surface area contributed by atoms with Gasteiger partial charge in [-0.2, -0.15) is 0 Å². The fourth-order valence-electron chi connectivity index (χ4n) is 3.99. The molecular formula is C18H37IN4. The molecule has 2 rings (SSSR count). The van der Waals surface area contributed by atoms with Crippen molar-refractivity contribution in [3.63, 3.8) is 0 Å². The number of nitrogens with one attached hydrogen (secondary N) is 2. The molecule has 0 atom stereocenters. The van der Waals surface area contributed by atoms with Gasteiger partial charge in [-0.25, -0.2) is 0 Å². The van der Waals surface area contributed by atoms with Gasteiger partial charge in [-0.3, -0.25) is 4.99 Å². The van der Waals surface area contributed by atoms with Gasteiger partial charge in [0, 0.05) is 20.1 Å². The lowest BCUT2D eigenvalue weighted by Crippen LogP contribution is -2.48. The molecule has 0 aromatic heterocycles. The van der Waals surface area contributed by atoms with Gasteiger partial charge in [0.05, 0.1) is 0 Å². The molecule has 0 spiro atoms. The molecule has 1 aliphatic heterocycles. The SMILES string of the molecule is CN=C(NCC1CCN(C)CC1)NCC1(CC(C)C)CCC1.I. The number of aliphatic imine (C=N–C) groups is 1. The number of guanidine groups is 1. The average molecular weight is 436 g/mol. The molecule has 1 aliphatic carbocycles. The number of piperidine rings is 1. The Hall–Kier alpha value is -0.0400. The van der Waals surface area contributed by atoms with E-state index in [0.717, 1.165) is 30.9 Å². The number of rotatable bonds is 6. The fraction of sp³-hybridized carbons (Fsp3) is 0.944. The van der Waals surface area contributed by atoms with Gasteiger partial charge < -0.3 is 15.5 Å². The van der Waals surface area contributed by atoms with Crippen molar-refractivity contribution >= 4 is 29.9 Å². The van der Waals surface area contributed by atoms with Crippen LogP contribution < -0.4 is 10.6 Å². The molecule has 136 valence electrons. The summed E-state index contributed by atoms with van der Waals surface area (Å²) in [7, 11) is 4.11. The summed E-state index contributed by atoms with van der Waals surface area (Å²) >= 11 is 0. The third-order valence-electron chi connectivity index (χ3n) is 5.51. The van der Waals surface area contributed by atoms with E-state index in [-0.39, 0.29) is 24.0 Å². The van der Waals surface area contributed by atoms with Crippen LogP contribution in [0, 0.1) is 17.3 Å². The van der Waals surface area contributed by atoms with Crippen molar-refractivity contribution in [2.75, 3.05) is 40.3 Å². The van der Waals surface area contributed by atoms with Gasteiger partial charge in [0.2, 0.25) is 0 Å². The highest BCUT2D eigenvalue weighted by molar-refractivity contribution is 14.0. The van der Waals surface area contributed by atoms with E-state index in [9.17, 15) is 0 Å². The average Bonchev–Trinajstić information content (AvgIpc) is 2.45. The molecule has 2 aliphatic rings. The second-order valence-electron chi connectivity index (χ2n) is 8.00. The Bertz CT molecular complexity index is 358. The van der Waals surface area contributed by atoms with Crippen LogP contribution >= 0.6 is 24.0 Å². The van der Waals surface area contributed by atoms with Crippen molar-refractivity contribution in [2.24, 2.45) is 22.2 Å². The highest BCUT2D eigenvalue weighted by Crippen LogP contribution is 2.45. The van der Waals surface area contributed by atoms with Gasteiger partial charge in [-0.15, -0.1) is 24.0 Å². The molecular weight excluding hydrogens is 399 g/mol. The zero-order valence-electron chi connectivity index (χ0n) is 15.5. The molecule has 2 N–H and O–H groups in total. The largest absolute Gasteiger partial charge is 0.356 e. The van der Waals surface area contributed by atoms with Gasteiger partial charge in [0.15, 0.2) is 5.96 Å². The predicted octanol–water partition coefficient (Wildman–Crippen LogP) is 3.33. The Morgan fingerprint density at radius 1 is 1.22 bits per heavy atom. The fourth-order valence-corrected chi connectivity index (χ4v) is 3.99. The van der Waals surface area contributed by atoms with Crippen molar-refractivity contribution < 1.29 is 0 Å². The maximum atomic E-state index is 4.41.